The van der Waals surface area contributed by atoms with Gasteiger partial charge in [-0.05, 0) is 70.6 Å². The lowest BCUT2D eigenvalue weighted by Crippen LogP contribution is -2.29. The van der Waals surface area contributed by atoms with E-state index in [4.69, 9.17) is 29.0 Å². The molecule has 0 aliphatic carbocycles. The summed E-state index contributed by atoms with van der Waals surface area (Å²) in [7, 11) is -4.40. The number of unbranched alkanes of at least 4 members (excludes halogenated alkanes) is 14. The molecule has 1 aliphatic rings. The summed E-state index contributed by atoms with van der Waals surface area (Å²) in [5, 5.41) is 0. The Balaban J connectivity index is 2.23. The third kappa shape index (κ3) is 32.2. The van der Waals surface area contributed by atoms with Crippen molar-refractivity contribution in [3.8, 4) is 0 Å². The minimum atomic E-state index is -4.40. The molecule has 11 heteroatoms. The van der Waals surface area contributed by atoms with Crippen molar-refractivity contribution < 1.29 is 42.3 Å². The number of ether oxygens (including phenoxy) is 3. The molecule has 0 saturated carbocycles. The largest absolute Gasteiger partial charge is 0.472 e. The highest BCUT2D eigenvalue weighted by molar-refractivity contribution is 7.47. The van der Waals surface area contributed by atoms with Crippen LogP contribution in [0.4, 0.5) is 0 Å². The number of phosphoric acid groups is 1. The summed E-state index contributed by atoms with van der Waals surface area (Å²) in [6, 6.07) is 0. The number of carbonyl (C=O) groups is 2. The maximum absolute atomic E-state index is 12.6. The molecule has 0 amide bonds. The van der Waals surface area contributed by atoms with Gasteiger partial charge in [-0.3, -0.25) is 18.6 Å². The molecule has 312 valence electrons. The number of esters is 2. The van der Waals surface area contributed by atoms with Gasteiger partial charge in [0.15, 0.2) is 6.10 Å². The van der Waals surface area contributed by atoms with E-state index in [-0.39, 0.29) is 32.6 Å². The predicted molar refractivity (Wildman–Crippen MR) is 219 cm³/mol. The Hall–Kier alpha value is -2.07. The average Bonchev–Trinajstić information content (AvgIpc) is 3.91. The summed E-state index contributed by atoms with van der Waals surface area (Å²) in [6.07, 6.45) is 41.8. The van der Waals surface area contributed by atoms with E-state index in [0.29, 0.717) is 25.0 Å². The number of allylic oxidation sites excluding steroid dienone is 7. The first-order valence-electron chi connectivity index (χ1n) is 21.2. The van der Waals surface area contributed by atoms with Gasteiger partial charge in [-0.15, -0.1) is 0 Å². The molecule has 4 atom stereocenters. The first-order chi connectivity index (χ1) is 26.3. The Morgan fingerprint density at radius 2 is 1.22 bits per heavy atom. The third-order valence-electron chi connectivity index (χ3n) is 9.11. The second-order valence-corrected chi connectivity index (χ2v) is 15.7. The molecule has 0 bridgehead atoms. The van der Waals surface area contributed by atoms with Crippen LogP contribution >= 0.6 is 7.82 Å². The highest BCUT2D eigenvalue weighted by atomic mass is 31.2. The van der Waals surface area contributed by atoms with E-state index in [2.05, 4.69) is 56.4 Å². The lowest BCUT2D eigenvalue weighted by atomic mass is 10.1. The summed E-state index contributed by atoms with van der Waals surface area (Å²) in [6.45, 7) is 3.60. The van der Waals surface area contributed by atoms with Crippen LogP contribution in [0.2, 0.25) is 0 Å². The summed E-state index contributed by atoms with van der Waals surface area (Å²) in [4.78, 5) is 34.8. The summed E-state index contributed by atoms with van der Waals surface area (Å²) < 4.78 is 38.4. The van der Waals surface area contributed by atoms with Crippen molar-refractivity contribution in [3.05, 3.63) is 48.6 Å². The van der Waals surface area contributed by atoms with Crippen molar-refractivity contribution in [1.82, 2.24) is 0 Å². The van der Waals surface area contributed by atoms with Crippen LogP contribution in [0, 0.1) is 0 Å². The molecular formula is C43H76NO9P. The number of hydrogen-bond acceptors (Lipinski definition) is 9. The zero-order valence-electron chi connectivity index (χ0n) is 33.9. The van der Waals surface area contributed by atoms with Crippen molar-refractivity contribution in [2.45, 2.75) is 186 Å². The van der Waals surface area contributed by atoms with E-state index in [1.165, 1.54) is 77.0 Å². The van der Waals surface area contributed by atoms with Crippen LogP contribution in [0.3, 0.4) is 0 Å². The highest BCUT2D eigenvalue weighted by Gasteiger charge is 2.36. The Bertz CT molecular complexity index is 1090. The number of epoxide rings is 1. The molecule has 1 saturated heterocycles. The molecule has 1 heterocycles. The van der Waals surface area contributed by atoms with Crippen LogP contribution in [-0.2, 0) is 37.4 Å². The number of carbonyl (C=O) groups excluding carboxylic acids is 2. The molecule has 0 aromatic heterocycles. The molecule has 0 aromatic carbocycles. The third-order valence-corrected chi connectivity index (χ3v) is 10.1. The van der Waals surface area contributed by atoms with Crippen molar-refractivity contribution in [2.75, 3.05) is 26.4 Å². The number of phosphoric ester groups is 1. The lowest BCUT2D eigenvalue weighted by molar-refractivity contribution is -0.161. The second-order valence-electron chi connectivity index (χ2n) is 14.2. The van der Waals surface area contributed by atoms with Gasteiger partial charge in [0.05, 0.1) is 25.4 Å². The summed E-state index contributed by atoms with van der Waals surface area (Å²) in [5.41, 5.74) is 5.34. The van der Waals surface area contributed by atoms with E-state index in [9.17, 15) is 19.0 Å². The Morgan fingerprint density at radius 3 is 1.91 bits per heavy atom. The van der Waals surface area contributed by atoms with Crippen LogP contribution in [0.25, 0.3) is 0 Å². The van der Waals surface area contributed by atoms with Crippen LogP contribution in [0.5, 0.6) is 0 Å². The van der Waals surface area contributed by atoms with Gasteiger partial charge in [0, 0.05) is 19.4 Å². The number of rotatable bonds is 38. The quantitative estimate of drug-likeness (QED) is 0.0204. The smallest absolute Gasteiger partial charge is 0.462 e. The zero-order chi connectivity index (χ0) is 39.4. The monoisotopic (exact) mass is 782 g/mol. The summed E-state index contributed by atoms with van der Waals surface area (Å²) >= 11 is 0. The maximum Gasteiger partial charge on any atom is 0.472 e. The van der Waals surface area contributed by atoms with Gasteiger partial charge in [-0.2, -0.15) is 0 Å². The number of nitrogens with two attached hydrogens (primary N) is 1. The maximum atomic E-state index is 12.6. The second kappa shape index (κ2) is 35.4. The van der Waals surface area contributed by atoms with Crippen LogP contribution in [0.15, 0.2) is 48.6 Å². The fourth-order valence-corrected chi connectivity index (χ4v) is 6.60. The molecule has 1 aliphatic heterocycles. The minimum absolute atomic E-state index is 0.0408. The van der Waals surface area contributed by atoms with Crippen molar-refractivity contribution in [1.29, 1.82) is 0 Å². The molecule has 0 radical (unpaired) electrons. The SMILES string of the molecule is CCCCCC/C=C\CCCCCCCCCC(=O)OC[C@H](COP(=O)(O)OCCN)OC(=O)CCC/C=C\C/C=C\C/C=C\CC1OC1CCCCC. The van der Waals surface area contributed by atoms with Crippen LogP contribution in [0.1, 0.15) is 168 Å². The lowest BCUT2D eigenvalue weighted by Gasteiger charge is -2.19. The Labute approximate surface area is 328 Å². The molecule has 1 fully saturated rings. The Morgan fingerprint density at radius 1 is 0.667 bits per heavy atom. The standard InChI is InChI=1S/C43H76NO9P/c1-3-5-7-8-9-10-11-12-13-14-15-19-22-25-29-33-42(45)49-37-39(38-51-54(47,48)50-36-35-44)52-43(46)34-30-26-23-20-17-16-18-21-24-28-32-41-40(53-41)31-27-6-4-2/h10-11,16,18,20,23-24,28,39-41H,3-9,12-15,17,19,21-22,25-27,29-38,44H2,1-2H3,(H,47,48)/b11-10-,18-16-,23-20-,28-24-/t39-,40?,41?/m1/s1. The van der Waals surface area contributed by atoms with Gasteiger partial charge in [-0.25, -0.2) is 4.57 Å². The molecule has 3 N–H and O–H groups in total. The molecular weight excluding hydrogens is 705 g/mol. The van der Waals surface area contributed by atoms with E-state index >= 15 is 0 Å². The molecule has 0 spiro atoms. The van der Waals surface area contributed by atoms with Crippen molar-refractivity contribution in [3.63, 3.8) is 0 Å². The minimum Gasteiger partial charge on any atom is -0.462 e. The van der Waals surface area contributed by atoms with Gasteiger partial charge in [0.2, 0.25) is 0 Å². The molecule has 10 nitrogen and oxygen atoms in total. The fourth-order valence-electron chi connectivity index (χ4n) is 5.83. The topological polar surface area (TPSA) is 147 Å². The fraction of sp³-hybridized carbons (Fsp3) is 0.767. The van der Waals surface area contributed by atoms with E-state index in [1.807, 2.05) is 6.08 Å². The number of hydrogen-bond donors (Lipinski definition) is 2. The molecule has 3 unspecified atom stereocenters. The van der Waals surface area contributed by atoms with E-state index < -0.39 is 32.5 Å². The van der Waals surface area contributed by atoms with Crippen LogP contribution < -0.4 is 5.73 Å². The predicted octanol–water partition coefficient (Wildman–Crippen LogP) is 10.9. The Kier molecular flexibility index (Phi) is 32.7. The molecule has 54 heavy (non-hydrogen) atoms. The average molecular weight is 782 g/mol. The van der Waals surface area contributed by atoms with E-state index in [1.54, 1.807) is 0 Å². The normalized spacial score (nSPS) is 17.6. The highest BCUT2D eigenvalue weighted by Crippen LogP contribution is 2.43. The molecule has 0 aromatic rings. The van der Waals surface area contributed by atoms with Crippen molar-refractivity contribution >= 4 is 19.8 Å². The first kappa shape index (κ1) is 49.9. The zero-order valence-corrected chi connectivity index (χ0v) is 34.8. The molecule has 1 rings (SSSR count). The van der Waals surface area contributed by atoms with Gasteiger partial charge >= 0.3 is 19.8 Å². The first-order valence-corrected chi connectivity index (χ1v) is 22.7. The van der Waals surface area contributed by atoms with Crippen LogP contribution in [-0.4, -0.2) is 61.5 Å². The van der Waals surface area contributed by atoms with Gasteiger partial charge in [0.25, 0.3) is 0 Å². The van der Waals surface area contributed by atoms with E-state index in [0.717, 1.165) is 51.4 Å². The van der Waals surface area contributed by atoms with Gasteiger partial charge in [0.1, 0.15) is 6.61 Å². The van der Waals surface area contributed by atoms with Gasteiger partial charge < -0.3 is 24.8 Å². The summed E-state index contributed by atoms with van der Waals surface area (Å²) in [5.74, 6) is -0.906. The van der Waals surface area contributed by atoms with Gasteiger partial charge in [-0.1, -0.05) is 133 Å². The van der Waals surface area contributed by atoms with Crippen molar-refractivity contribution in [2.24, 2.45) is 5.73 Å².